The maximum Gasteiger partial charge on any atom is 0.415 e. The molecule has 2 fully saturated rings. The van der Waals surface area contributed by atoms with Gasteiger partial charge in [-0.05, 0) is 65.0 Å². The number of nitrogens with one attached hydrogen (secondary N) is 2. The highest BCUT2D eigenvalue weighted by molar-refractivity contribution is 6.00. The van der Waals surface area contributed by atoms with Crippen molar-refractivity contribution in [3.05, 3.63) is 46.5 Å². The van der Waals surface area contributed by atoms with E-state index < -0.39 is 17.9 Å². The van der Waals surface area contributed by atoms with Crippen molar-refractivity contribution in [3.8, 4) is 0 Å². The summed E-state index contributed by atoms with van der Waals surface area (Å²) >= 11 is 0. The number of nitrogens with zero attached hydrogens (tertiary/aromatic N) is 5. The Kier molecular flexibility index (Phi) is 7.73. The van der Waals surface area contributed by atoms with E-state index in [4.69, 9.17) is 9.47 Å². The smallest absolute Gasteiger partial charge is 0.415 e. The van der Waals surface area contributed by atoms with Crippen LogP contribution in [0.3, 0.4) is 0 Å². The molecule has 41 heavy (non-hydrogen) atoms. The summed E-state index contributed by atoms with van der Waals surface area (Å²) in [7, 11) is 3.18. The Hall–Kier alpha value is -4.00. The minimum atomic E-state index is -0.908. The van der Waals surface area contributed by atoms with E-state index in [1.54, 1.807) is 52.3 Å². The van der Waals surface area contributed by atoms with E-state index in [0.717, 1.165) is 12.8 Å². The average Bonchev–Trinajstić information content (AvgIpc) is 3.53. The number of aromatic nitrogens is 4. The maximum absolute atomic E-state index is 13.5. The lowest BCUT2D eigenvalue weighted by Gasteiger charge is -2.31. The molecule has 2 amide bonds. The van der Waals surface area contributed by atoms with E-state index in [1.165, 1.54) is 27.2 Å². The molecule has 0 radical (unpaired) electrons. The van der Waals surface area contributed by atoms with Crippen molar-refractivity contribution in [1.29, 1.82) is 0 Å². The molecule has 2 atom stereocenters. The number of hydrogen-bond acceptors (Lipinski definition) is 8. The highest BCUT2D eigenvalue weighted by Gasteiger charge is 2.32. The molecular weight excluding hydrogens is 533 g/mol. The van der Waals surface area contributed by atoms with Gasteiger partial charge in [-0.3, -0.25) is 14.5 Å². The second-order valence-corrected chi connectivity index (χ2v) is 11.7. The van der Waals surface area contributed by atoms with Crippen LogP contribution in [0.15, 0.2) is 35.4 Å². The summed E-state index contributed by atoms with van der Waals surface area (Å²) in [5, 5.41) is 10.4. The summed E-state index contributed by atoms with van der Waals surface area (Å²) < 4.78 is 27.3. The molecule has 3 aromatic heterocycles. The van der Waals surface area contributed by atoms with Crippen molar-refractivity contribution < 1.29 is 23.5 Å². The maximum atomic E-state index is 13.5. The second kappa shape index (κ2) is 11.1. The lowest BCUT2D eigenvalue weighted by molar-refractivity contribution is 0.0587. The molecule has 2 aliphatic rings. The van der Waals surface area contributed by atoms with Gasteiger partial charge in [0.25, 0.3) is 11.5 Å². The fourth-order valence-corrected chi connectivity index (χ4v) is 5.16. The summed E-state index contributed by atoms with van der Waals surface area (Å²) in [5.74, 6) is 0.122. The lowest BCUT2D eigenvalue weighted by Crippen LogP contribution is -2.36. The standard InChI is InChI=1S/C28H36FN7O5/c1-28(2,3)41-27(39)34(4)23-14-22(32-21-7-6-10-35(26(21)38)18-11-16(29)12-18)33-24-20(15-30-36(23)24)25(37)31-17-8-9-19(13-17)40-5/h6-7,10,14-19H,8-9,11-13H2,1-5H3,(H,31,37)(H,32,33)/t16?,17?,18?,19-/m1/s1. The van der Waals surface area contributed by atoms with Gasteiger partial charge in [-0.1, -0.05) is 0 Å². The van der Waals surface area contributed by atoms with Crippen LogP contribution >= 0.6 is 0 Å². The van der Waals surface area contributed by atoms with Gasteiger partial charge in [-0.2, -0.15) is 9.61 Å². The van der Waals surface area contributed by atoms with E-state index in [2.05, 4.69) is 20.7 Å². The number of amides is 2. The SMILES string of the molecule is CO[C@@H]1CCC(NC(=O)c2cnn3c(N(C)C(=O)OC(C)(C)C)cc(Nc4cccn(C5CC(F)C5)c4=O)nc23)C1. The third-order valence-corrected chi connectivity index (χ3v) is 7.45. The minimum Gasteiger partial charge on any atom is -0.443 e. The van der Waals surface area contributed by atoms with Crippen LogP contribution in [0.4, 0.5) is 26.5 Å². The van der Waals surface area contributed by atoms with E-state index in [1.807, 2.05) is 0 Å². The number of hydrogen-bond donors (Lipinski definition) is 2. The Morgan fingerprint density at radius 2 is 1.95 bits per heavy atom. The number of halogens is 1. The fraction of sp³-hybridized carbons (Fsp3) is 0.536. The molecule has 5 rings (SSSR count). The largest absolute Gasteiger partial charge is 0.443 e. The number of rotatable bonds is 7. The molecule has 0 aromatic carbocycles. The van der Waals surface area contributed by atoms with Crippen LogP contribution in [-0.4, -0.2) is 69.2 Å². The molecule has 3 heterocycles. The number of fused-ring (bicyclic) bond motifs is 1. The Labute approximate surface area is 236 Å². The van der Waals surface area contributed by atoms with Crippen LogP contribution in [0.1, 0.15) is 69.3 Å². The molecule has 12 nitrogen and oxygen atoms in total. The molecule has 0 bridgehead atoms. The van der Waals surface area contributed by atoms with Gasteiger partial charge in [0.2, 0.25) is 0 Å². The molecular formula is C28H36FN7O5. The zero-order chi connectivity index (χ0) is 29.5. The van der Waals surface area contributed by atoms with Crippen LogP contribution in [0.2, 0.25) is 0 Å². The van der Waals surface area contributed by atoms with Gasteiger partial charge >= 0.3 is 6.09 Å². The highest BCUT2D eigenvalue weighted by atomic mass is 19.1. The number of ether oxygens (including phenoxy) is 2. The number of carbonyl (C=O) groups is 2. The first-order valence-corrected chi connectivity index (χ1v) is 13.7. The van der Waals surface area contributed by atoms with Crippen molar-refractivity contribution in [2.75, 3.05) is 24.4 Å². The van der Waals surface area contributed by atoms with Crippen molar-refractivity contribution in [1.82, 2.24) is 24.5 Å². The van der Waals surface area contributed by atoms with Gasteiger partial charge in [-0.15, -0.1) is 0 Å². The van der Waals surface area contributed by atoms with E-state index >= 15 is 0 Å². The summed E-state index contributed by atoms with van der Waals surface area (Å²) in [4.78, 5) is 45.4. The molecule has 0 saturated heterocycles. The molecule has 1 unspecified atom stereocenters. The molecule has 3 aromatic rings. The zero-order valence-electron chi connectivity index (χ0n) is 23.9. The summed E-state index contributed by atoms with van der Waals surface area (Å²) in [6.07, 6.45) is 4.52. The number of carbonyl (C=O) groups excluding carboxylic acids is 2. The molecule has 0 aliphatic heterocycles. The van der Waals surface area contributed by atoms with E-state index in [0.29, 0.717) is 19.3 Å². The monoisotopic (exact) mass is 569 g/mol. The van der Waals surface area contributed by atoms with Crippen LogP contribution in [-0.2, 0) is 9.47 Å². The van der Waals surface area contributed by atoms with Crippen molar-refractivity contribution >= 4 is 35.0 Å². The molecule has 2 saturated carbocycles. The van der Waals surface area contributed by atoms with Gasteiger partial charge in [0.05, 0.1) is 12.3 Å². The normalized spacial score (nSPS) is 22.3. The van der Waals surface area contributed by atoms with Crippen LogP contribution in [0.25, 0.3) is 5.65 Å². The lowest BCUT2D eigenvalue weighted by atomic mass is 9.90. The van der Waals surface area contributed by atoms with Gasteiger partial charge in [0.1, 0.15) is 34.7 Å². The van der Waals surface area contributed by atoms with Gasteiger partial charge < -0.3 is 24.7 Å². The third kappa shape index (κ3) is 6.04. The molecule has 0 spiro atoms. The predicted octanol–water partition coefficient (Wildman–Crippen LogP) is 3.98. The summed E-state index contributed by atoms with van der Waals surface area (Å²) in [6, 6.07) is 4.59. The van der Waals surface area contributed by atoms with E-state index in [-0.39, 0.29) is 58.2 Å². The first-order valence-electron chi connectivity index (χ1n) is 13.7. The molecule has 13 heteroatoms. The highest BCUT2D eigenvalue weighted by Crippen LogP contribution is 2.34. The Balaban J connectivity index is 1.51. The van der Waals surface area contributed by atoms with Gasteiger partial charge in [0.15, 0.2) is 5.65 Å². The minimum absolute atomic E-state index is 0.0502. The second-order valence-electron chi connectivity index (χ2n) is 11.7. The molecule has 2 N–H and O–H groups in total. The average molecular weight is 570 g/mol. The van der Waals surface area contributed by atoms with Crippen molar-refractivity contribution in [3.63, 3.8) is 0 Å². The third-order valence-electron chi connectivity index (χ3n) is 7.45. The van der Waals surface area contributed by atoms with Gasteiger partial charge in [-0.25, -0.2) is 14.2 Å². The Bertz CT molecular complexity index is 1510. The Morgan fingerprint density at radius 1 is 1.20 bits per heavy atom. The Morgan fingerprint density at radius 3 is 2.61 bits per heavy atom. The van der Waals surface area contributed by atoms with Crippen LogP contribution in [0.5, 0.6) is 0 Å². The molecule has 220 valence electrons. The number of pyridine rings is 1. The number of alkyl halides is 1. The van der Waals surface area contributed by atoms with Crippen LogP contribution < -0.4 is 21.1 Å². The number of anilines is 3. The zero-order valence-corrected chi connectivity index (χ0v) is 23.9. The van der Waals surface area contributed by atoms with Crippen LogP contribution in [0, 0.1) is 0 Å². The number of methoxy groups -OCH3 is 1. The van der Waals surface area contributed by atoms with Crippen molar-refractivity contribution in [2.24, 2.45) is 0 Å². The predicted molar refractivity (Wildman–Crippen MR) is 151 cm³/mol. The van der Waals surface area contributed by atoms with Crippen molar-refractivity contribution in [2.45, 2.75) is 82.8 Å². The first-order chi connectivity index (χ1) is 19.4. The fourth-order valence-electron chi connectivity index (χ4n) is 5.16. The summed E-state index contributed by atoms with van der Waals surface area (Å²) in [5.41, 5.74) is -0.449. The first kappa shape index (κ1) is 28.5. The topological polar surface area (TPSA) is 132 Å². The summed E-state index contributed by atoms with van der Waals surface area (Å²) in [6.45, 7) is 5.28. The van der Waals surface area contributed by atoms with Gasteiger partial charge in [0, 0.05) is 38.5 Å². The quantitative estimate of drug-likeness (QED) is 0.437. The van der Waals surface area contributed by atoms with E-state index in [9.17, 15) is 18.8 Å². The molecule has 2 aliphatic carbocycles.